The number of fused-ring (bicyclic) bond motifs is 2. The first-order valence-corrected chi connectivity index (χ1v) is 10.6. The van der Waals surface area contributed by atoms with Crippen LogP contribution >= 0.6 is 22.9 Å². The van der Waals surface area contributed by atoms with Gasteiger partial charge in [0, 0.05) is 21.9 Å². The minimum absolute atomic E-state index is 0.408. The number of nitrogens with one attached hydrogen (secondary N) is 1. The van der Waals surface area contributed by atoms with Gasteiger partial charge in [-0.05, 0) is 30.7 Å². The van der Waals surface area contributed by atoms with Crippen LogP contribution in [0.25, 0.3) is 32.2 Å². The van der Waals surface area contributed by atoms with Crippen molar-refractivity contribution in [2.24, 2.45) is 5.10 Å². The number of hydrogen-bond acceptors (Lipinski definition) is 6. The standard InChI is InChI=1S/C23H16ClN5S/c1-14-7-8-19-16(9-14)10-17(21(24)28-19)11-27-29-22-20-18(15-5-3-2-4-6-15)12-30-23(20)26-13-25-22/h2-13H,1H3,(H,25,26,29)/b27-11+. The molecule has 0 saturated carbocycles. The van der Waals surface area contributed by atoms with Crippen LogP contribution in [0.15, 0.2) is 71.4 Å². The SMILES string of the molecule is Cc1ccc2nc(Cl)c(/C=N/Nc3ncnc4scc(-c5ccccc5)c34)cc2c1. The Morgan fingerprint density at radius 3 is 2.80 bits per heavy atom. The number of hydrazone groups is 1. The summed E-state index contributed by atoms with van der Waals surface area (Å²) in [7, 11) is 0. The lowest BCUT2D eigenvalue weighted by Gasteiger charge is -2.05. The first kappa shape index (κ1) is 18.7. The molecule has 0 radical (unpaired) electrons. The third-order valence-corrected chi connectivity index (χ3v) is 5.97. The van der Waals surface area contributed by atoms with Crippen molar-refractivity contribution in [1.82, 2.24) is 15.0 Å². The predicted molar refractivity (Wildman–Crippen MR) is 126 cm³/mol. The van der Waals surface area contributed by atoms with Crippen LogP contribution in [0.4, 0.5) is 5.82 Å². The molecule has 5 rings (SSSR count). The lowest BCUT2D eigenvalue weighted by molar-refractivity contribution is 1.19. The van der Waals surface area contributed by atoms with Gasteiger partial charge in [-0.25, -0.2) is 15.0 Å². The zero-order valence-electron chi connectivity index (χ0n) is 16.0. The van der Waals surface area contributed by atoms with Crippen LogP contribution in [-0.4, -0.2) is 21.2 Å². The summed E-state index contributed by atoms with van der Waals surface area (Å²) in [4.78, 5) is 14.2. The van der Waals surface area contributed by atoms with E-state index in [4.69, 9.17) is 11.6 Å². The molecule has 30 heavy (non-hydrogen) atoms. The Bertz CT molecular complexity index is 1400. The van der Waals surface area contributed by atoms with Gasteiger partial charge in [0.15, 0.2) is 5.82 Å². The van der Waals surface area contributed by atoms with Crippen LogP contribution in [-0.2, 0) is 0 Å². The Kier molecular flexibility index (Phi) is 4.86. The molecular formula is C23H16ClN5S. The fourth-order valence-electron chi connectivity index (χ4n) is 3.33. The lowest BCUT2D eigenvalue weighted by Crippen LogP contribution is -1.96. The Hall–Kier alpha value is -3.35. The molecule has 0 amide bonds. The number of hydrogen-bond donors (Lipinski definition) is 1. The van der Waals surface area contributed by atoms with Gasteiger partial charge >= 0.3 is 0 Å². The van der Waals surface area contributed by atoms with E-state index >= 15 is 0 Å². The van der Waals surface area contributed by atoms with E-state index in [1.54, 1.807) is 23.9 Å². The highest BCUT2D eigenvalue weighted by atomic mass is 35.5. The van der Waals surface area contributed by atoms with Gasteiger partial charge in [0.25, 0.3) is 0 Å². The summed E-state index contributed by atoms with van der Waals surface area (Å²) in [6.07, 6.45) is 3.21. The Balaban J connectivity index is 1.50. The highest BCUT2D eigenvalue weighted by molar-refractivity contribution is 7.17. The molecule has 0 fully saturated rings. The van der Waals surface area contributed by atoms with Gasteiger partial charge < -0.3 is 0 Å². The molecule has 146 valence electrons. The molecular weight excluding hydrogens is 414 g/mol. The summed E-state index contributed by atoms with van der Waals surface area (Å²) in [5.41, 5.74) is 8.02. The van der Waals surface area contributed by atoms with Crippen LogP contribution in [0.5, 0.6) is 0 Å². The molecule has 3 heterocycles. The summed E-state index contributed by atoms with van der Waals surface area (Å²) in [6, 6.07) is 18.2. The van der Waals surface area contributed by atoms with Crippen molar-refractivity contribution in [1.29, 1.82) is 0 Å². The van der Waals surface area contributed by atoms with E-state index in [0.29, 0.717) is 11.0 Å². The maximum Gasteiger partial charge on any atom is 0.159 e. The smallest absolute Gasteiger partial charge is 0.159 e. The number of aromatic nitrogens is 3. The normalized spacial score (nSPS) is 11.5. The lowest BCUT2D eigenvalue weighted by atomic mass is 10.1. The van der Waals surface area contributed by atoms with Gasteiger partial charge in [-0.3, -0.25) is 5.43 Å². The average Bonchev–Trinajstić information content (AvgIpc) is 3.20. The van der Waals surface area contributed by atoms with E-state index in [0.717, 1.165) is 37.8 Å². The molecule has 0 saturated heterocycles. The predicted octanol–water partition coefficient (Wildman–Crippen LogP) is 6.31. The van der Waals surface area contributed by atoms with Gasteiger partial charge in [-0.2, -0.15) is 5.10 Å². The highest BCUT2D eigenvalue weighted by Crippen LogP contribution is 2.36. The summed E-state index contributed by atoms with van der Waals surface area (Å²) in [6.45, 7) is 2.05. The molecule has 7 heteroatoms. The highest BCUT2D eigenvalue weighted by Gasteiger charge is 2.12. The molecule has 5 nitrogen and oxygen atoms in total. The molecule has 1 N–H and O–H groups in total. The van der Waals surface area contributed by atoms with Crippen LogP contribution in [0.1, 0.15) is 11.1 Å². The maximum atomic E-state index is 6.35. The summed E-state index contributed by atoms with van der Waals surface area (Å²) >= 11 is 7.94. The van der Waals surface area contributed by atoms with Crippen molar-refractivity contribution in [3.63, 3.8) is 0 Å². The number of aryl methyl sites for hydroxylation is 1. The zero-order chi connectivity index (χ0) is 20.5. The minimum atomic E-state index is 0.408. The fourth-order valence-corrected chi connectivity index (χ4v) is 4.44. The molecule has 0 unspecified atom stereocenters. The van der Waals surface area contributed by atoms with Gasteiger partial charge in [-0.1, -0.05) is 53.6 Å². The van der Waals surface area contributed by atoms with Crippen LogP contribution in [0.3, 0.4) is 0 Å². The van der Waals surface area contributed by atoms with Crippen molar-refractivity contribution in [3.05, 3.63) is 82.6 Å². The Morgan fingerprint density at radius 1 is 1.07 bits per heavy atom. The van der Waals surface area contributed by atoms with Crippen LogP contribution in [0.2, 0.25) is 5.15 Å². The second kappa shape index (κ2) is 7.82. The molecule has 5 aromatic rings. The van der Waals surface area contributed by atoms with Crippen molar-refractivity contribution in [3.8, 4) is 11.1 Å². The van der Waals surface area contributed by atoms with E-state index in [2.05, 4.69) is 56.0 Å². The number of anilines is 1. The van der Waals surface area contributed by atoms with Gasteiger partial charge in [-0.15, -0.1) is 11.3 Å². The van der Waals surface area contributed by atoms with Gasteiger partial charge in [0.2, 0.25) is 0 Å². The Labute approximate surface area is 182 Å². The Morgan fingerprint density at radius 2 is 1.93 bits per heavy atom. The number of nitrogens with zero attached hydrogens (tertiary/aromatic N) is 4. The van der Waals surface area contributed by atoms with Crippen LogP contribution in [0, 0.1) is 6.92 Å². The monoisotopic (exact) mass is 429 g/mol. The quantitative estimate of drug-likeness (QED) is 0.206. The molecule has 0 aliphatic heterocycles. The fraction of sp³-hybridized carbons (Fsp3) is 0.0435. The number of halogens is 1. The largest absolute Gasteiger partial charge is 0.261 e. The first-order valence-electron chi connectivity index (χ1n) is 9.32. The van der Waals surface area contributed by atoms with Gasteiger partial charge in [0.1, 0.15) is 16.3 Å². The molecule has 2 aromatic carbocycles. The molecule has 0 aliphatic carbocycles. The number of rotatable bonds is 4. The molecule has 3 aromatic heterocycles. The second-order valence-electron chi connectivity index (χ2n) is 6.85. The summed E-state index contributed by atoms with van der Waals surface area (Å²) < 4.78 is 0. The summed E-state index contributed by atoms with van der Waals surface area (Å²) in [5, 5.41) is 8.85. The van der Waals surface area contributed by atoms with E-state index in [1.165, 1.54) is 5.56 Å². The maximum absolute atomic E-state index is 6.35. The topological polar surface area (TPSA) is 63.1 Å². The third kappa shape index (κ3) is 3.51. The van der Waals surface area contributed by atoms with Gasteiger partial charge in [0.05, 0.1) is 17.1 Å². The molecule has 0 aliphatic rings. The third-order valence-electron chi connectivity index (χ3n) is 4.78. The van der Waals surface area contributed by atoms with E-state index in [9.17, 15) is 0 Å². The van der Waals surface area contributed by atoms with E-state index in [-0.39, 0.29) is 0 Å². The molecule has 0 spiro atoms. The van der Waals surface area contributed by atoms with Crippen molar-refractivity contribution < 1.29 is 0 Å². The minimum Gasteiger partial charge on any atom is -0.261 e. The summed E-state index contributed by atoms with van der Waals surface area (Å²) in [5.74, 6) is 0.650. The number of pyridine rings is 1. The van der Waals surface area contributed by atoms with Crippen LogP contribution < -0.4 is 5.43 Å². The van der Waals surface area contributed by atoms with E-state index < -0.39 is 0 Å². The average molecular weight is 430 g/mol. The number of benzene rings is 2. The van der Waals surface area contributed by atoms with Crippen molar-refractivity contribution >= 4 is 56.1 Å². The number of thiophene rings is 1. The molecule has 0 atom stereocenters. The van der Waals surface area contributed by atoms with E-state index in [1.807, 2.05) is 36.4 Å². The first-order chi connectivity index (χ1) is 14.7. The molecule has 0 bridgehead atoms. The zero-order valence-corrected chi connectivity index (χ0v) is 17.6. The second-order valence-corrected chi connectivity index (χ2v) is 8.07. The van der Waals surface area contributed by atoms with Crippen molar-refractivity contribution in [2.45, 2.75) is 6.92 Å². The van der Waals surface area contributed by atoms with Crippen molar-refractivity contribution in [2.75, 3.05) is 5.43 Å².